The molecule has 1 saturated heterocycles. The molecule has 0 radical (unpaired) electrons. The molecule has 0 atom stereocenters. The zero-order chi connectivity index (χ0) is 22.4. The maximum Gasteiger partial charge on any atom is 0.214 e. The summed E-state index contributed by atoms with van der Waals surface area (Å²) in [5, 5.41) is 0.702. The second kappa shape index (κ2) is 8.01. The van der Waals surface area contributed by atoms with Gasteiger partial charge in [-0.2, -0.15) is 0 Å². The third-order valence-corrected chi connectivity index (χ3v) is 8.97. The van der Waals surface area contributed by atoms with Gasteiger partial charge in [0.05, 0.1) is 23.2 Å². The highest BCUT2D eigenvalue weighted by Crippen LogP contribution is 2.44. The van der Waals surface area contributed by atoms with Gasteiger partial charge in [0.25, 0.3) is 0 Å². The van der Waals surface area contributed by atoms with E-state index in [1.54, 1.807) is 12.4 Å². The monoisotopic (exact) mass is 465 g/mol. The second-order valence-corrected chi connectivity index (χ2v) is 11.6. The van der Waals surface area contributed by atoms with Gasteiger partial charge in [-0.05, 0) is 62.4 Å². The number of anilines is 1. The molecule has 0 aliphatic carbocycles. The van der Waals surface area contributed by atoms with Crippen molar-refractivity contribution in [2.24, 2.45) is 0 Å². The molecule has 2 aromatic rings. The van der Waals surface area contributed by atoms with Crippen LogP contribution < -0.4 is 4.90 Å². The predicted octanol–water partition coefficient (Wildman–Crippen LogP) is 4.99. The average Bonchev–Trinajstić information content (AvgIpc) is 2.99. The first-order chi connectivity index (χ1) is 14.6. The Bertz CT molecular complexity index is 1080. The number of piperidine rings is 1. The lowest BCUT2D eigenvalue weighted by atomic mass is 9.87. The predicted molar refractivity (Wildman–Crippen MR) is 123 cm³/mol. The number of aromatic nitrogens is 1. The quantitative estimate of drug-likeness (QED) is 0.624. The molecule has 0 spiro atoms. The summed E-state index contributed by atoms with van der Waals surface area (Å²) in [6.07, 6.45) is 4.18. The average molecular weight is 466 g/mol. The van der Waals surface area contributed by atoms with Crippen LogP contribution in [-0.4, -0.2) is 36.5 Å². The van der Waals surface area contributed by atoms with Gasteiger partial charge >= 0.3 is 0 Å². The smallest absolute Gasteiger partial charge is 0.214 e. The molecule has 0 unspecified atom stereocenters. The molecule has 0 bridgehead atoms. The van der Waals surface area contributed by atoms with E-state index in [0.717, 1.165) is 11.3 Å². The number of pyridine rings is 1. The summed E-state index contributed by atoms with van der Waals surface area (Å²) in [5.41, 5.74) is 1.84. The number of hydrogen-bond acceptors (Lipinski definition) is 4. The number of benzene rings is 1. The summed E-state index contributed by atoms with van der Waals surface area (Å²) in [7, 11) is -3.30. The Morgan fingerprint density at radius 2 is 1.87 bits per heavy atom. The molecule has 3 heterocycles. The number of sulfonamides is 1. The normalized spacial score (nSPS) is 20.6. The standard InChI is InChI=1S/C23H29ClFN3O2S/c1-4-11-31(29,30)27-9-7-23(25,8-10-27)18-12-20(15-26-14-18)28-16-17-5-6-19(24)13-21(17)22(28,2)3/h5-6,12-15H,4,7-11,16H2,1-3H3. The molecule has 1 aromatic heterocycles. The number of alkyl halides is 1. The largest absolute Gasteiger partial charge is 0.357 e. The van der Waals surface area contributed by atoms with Crippen LogP contribution in [0.1, 0.15) is 56.7 Å². The minimum Gasteiger partial charge on any atom is -0.357 e. The lowest BCUT2D eigenvalue weighted by Gasteiger charge is -2.37. The Labute approximate surface area is 189 Å². The van der Waals surface area contributed by atoms with E-state index in [-0.39, 0.29) is 37.2 Å². The molecular weight excluding hydrogens is 437 g/mol. The van der Waals surface area contributed by atoms with E-state index in [0.29, 0.717) is 23.6 Å². The van der Waals surface area contributed by atoms with Crippen molar-refractivity contribution in [3.8, 4) is 0 Å². The van der Waals surface area contributed by atoms with Crippen molar-refractivity contribution >= 4 is 27.3 Å². The molecule has 5 nitrogen and oxygen atoms in total. The minimum atomic E-state index is -3.30. The van der Waals surface area contributed by atoms with Gasteiger partial charge in [0.1, 0.15) is 5.67 Å². The summed E-state index contributed by atoms with van der Waals surface area (Å²) in [5.74, 6) is 0.109. The highest BCUT2D eigenvalue weighted by Gasteiger charge is 2.41. The van der Waals surface area contributed by atoms with Gasteiger partial charge in [-0.25, -0.2) is 17.1 Å². The Kier molecular flexibility index (Phi) is 5.82. The highest BCUT2D eigenvalue weighted by molar-refractivity contribution is 7.89. The van der Waals surface area contributed by atoms with Gasteiger partial charge in [0.15, 0.2) is 0 Å². The topological polar surface area (TPSA) is 53.5 Å². The lowest BCUT2D eigenvalue weighted by molar-refractivity contribution is 0.0866. The van der Waals surface area contributed by atoms with Crippen molar-refractivity contribution in [3.05, 3.63) is 58.4 Å². The van der Waals surface area contributed by atoms with Gasteiger partial charge in [0.2, 0.25) is 10.0 Å². The third-order valence-electron chi connectivity index (χ3n) is 6.66. The lowest BCUT2D eigenvalue weighted by Crippen LogP contribution is -2.44. The fraction of sp³-hybridized carbons (Fsp3) is 0.522. The molecule has 1 fully saturated rings. The van der Waals surface area contributed by atoms with Crippen molar-refractivity contribution in [2.75, 3.05) is 23.7 Å². The van der Waals surface area contributed by atoms with Crippen molar-refractivity contribution in [2.45, 2.75) is 57.8 Å². The SMILES string of the molecule is CCCS(=O)(=O)N1CCC(F)(c2cncc(N3Cc4ccc(Cl)cc4C3(C)C)c2)CC1. The molecule has 0 saturated carbocycles. The Hall–Kier alpha value is -1.70. The highest BCUT2D eigenvalue weighted by atomic mass is 35.5. The second-order valence-electron chi connectivity index (χ2n) is 9.06. The third kappa shape index (κ3) is 4.08. The van der Waals surface area contributed by atoms with E-state index in [4.69, 9.17) is 11.6 Å². The van der Waals surface area contributed by atoms with Crippen LogP contribution in [0.15, 0.2) is 36.7 Å². The molecule has 2 aliphatic rings. The van der Waals surface area contributed by atoms with Crippen LogP contribution in [-0.2, 0) is 27.8 Å². The molecule has 168 valence electrons. The maximum atomic E-state index is 15.9. The van der Waals surface area contributed by atoms with Crippen molar-refractivity contribution in [1.29, 1.82) is 0 Å². The fourth-order valence-electron chi connectivity index (χ4n) is 4.80. The fourth-order valence-corrected chi connectivity index (χ4v) is 6.48. The number of hydrogen-bond donors (Lipinski definition) is 0. The molecule has 8 heteroatoms. The van der Waals surface area contributed by atoms with E-state index in [2.05, 4.69) is 23.7 Å². The van der Waals surface area contributed by atoms with Crippen LogP contribution in [0.25, 0.3) is 0 Å². The first kappa shape index (κ1) is 22.5. The molecule has 31 heavy (non-hydrogen) atoms. The van der Waals surface area contributed by atoms with E-state index < -0.39 is 15.7 Å². The molecule has 0 N–H and O–H groups in total. The first-order valence-electron chi connectivity index (χ1n) is 10.8. The molecule has 1 aromatic carbocycles. The molecule has 2 aliphatic heterocycles. The summed E-state index contributed by atoms with van der Waals surface area (Å²) in [4.78, 5) is 6.57. The van der Waals surface area contributed by atoms with Crippen molar-refractivity contribution in [1.82, 2.24) is 9.29 Å². The summed E-state index contributed by atoms with van der Waals surface area (Å²) in [6.45, 7) is 7.19. The van der Waals surface area contributed by atoms with Crippen molar-refractivity contribution in [3.63, 3.8) is 0 Å². The zero-order valence-electron chi connectivity index (χ0n) is 18.2. The van der Waals surface area contributed by atoms with Gasteiger partial charge in [-0.3, -0.25) is 4.98 Å². The maximum absolute atomic E-state index is 15.9. The number of fused-ring (bicyclic) bond motifs is 1. The van der Waals surface area contributed by atoms with Crippen LogP contribution in [0.5, 0.6) is 0 Å². The summed E-state index contributed by atoms with van der Waals surface area (Å²) >= 11 is 6.23. The van der Waals surface area contributed by atoms with Crippen LogP contribution in [0.3, 0.4) is 0 Å². The van der Waals surface area contributed by atoms with Crippen molar-refractivity contribution < 1.29 is 12.8 Å². The molecular formula is C23H29ClFN3O2S. The van der Waals surface area contributed by atoms with Gasteiger partial charge in [-0.1, -0.05) is 24.6 Å². The summed E-state index contributed by atoms with van der Waals surface area (Å²) < 4.78 is 42.0. The summed E-state index contributed by atoms with van der Waals surface area (Å²) in [6, 6.07) is 7.81. The van der Waals surface area contributed by atoms with Gasteiger partial charge in [0, 0.05) is 36.4 Å². The van der Waals surface area contributed by atoms with E-state index in [1.807, 2.05) is 31.2 Å². The van der Waals surface area contributed by atoms with Gasteiger partial charge < -0.3 is 4.90 Å². The zero-order valence-corrected chi connectivity index (χ0v) is 19.8. The van der Waals surface area contributed by atoms with Gasteiger partial charge in [-0.15, -0.1) is 0 Å². The molecule has 0 amide bonds. The Morgan fingerprint density at radius 3 is 2.55 bits per heavy atom. The van der Waals surface area contributed by atoms with Crippen LogP contribution in [0.4, 0.5) is 10.1 Å². The Balaban J connectivity index is 1.57. The van der Waals surface area contributed by atoms with Crippen LogP contribution >= 0.6 is 11.6 Å². The Morgan fingerprint density at radius 1 is 1.16 bits per heavy atom. The first-order valence-corrected chi connectivity index (χ1v) is 12.7. The minimum absolute atomic E-state index is 0.109. The van der Waals surface area contributed by atoms with Crippen LogP contribution in [0, 0.1) is 0 Å². The number of nitrogens with zero attached hydrogens (tertiary/aromatic N) is 3. The number of halogens is 2. The van der Waals surface area contributed by atoms with Crippen LogP contribution in [0.2, 0.25) is 5.02 Å². The van der Waals surface area contributed by atoms with E-state index in [1.165, 1.54) is 9.87 Å². The molecule has 4 rings (SSSR count). The van der Waals surface area contributed by atoms with E-state index >= 15 is 4.39 Å². The van der Waals surface area contributed by atoms with E-state index in [9.17, 15) is 8.42 Å². The number of rotatable bonds is 5.